The first-order chi connectivity index (χ1) is 10.1. The van der Waals surface area contributed by atoms with E-state index in [0.29, 0.717) is 11.3 Å². The Kier molecular flexibility index (Phi) is 5.35. The number of amides is 1. The molecule has 1 unspecified atom stereocenters. The molecular weight excluding hydrogens is 264 g/mol. The van der Waals surface area contributed by atoms with Gasteiger partial charge >= 0.3 is 0 Å². The van der Waals surface area contributed by atoms with Crippen LogP contribution in [0.5, 0.6) is 0 Å². The molecule has 1 aliphatic carbocycles. The van der Waals surface area contributed by atoms with Gasteiger partial charge in [0.1, 0.15) is 6.10 Å². The first kappa shape index (κ1) is 15.5. The lowest BCUT2D eigenvalue weighted by Gasteiger charge is -2.28. The topological polar surface area (TPSA) is 62.1 Å². The van der Waals surface area contributed by atoms with Crippen molar-refractivity contribution in [1.82, 2.24) is 0 Å². The summed E-state index contributed by atoms with van der Waals surface area (Å²) in [5.41, 5.74) is 1.16. The fraction of sp³-hybridized carbons (Fsp3) is 0.529. The molecule has 1 saturated carbocycles. The molecule has 1 N–H and O–H groups in total. The highest BCUT2D eigenvalue weighted by atomic mass is 16.5. The number of carbonyl (C=O) groups excluding carboxylic acids is 1. The van der Waals surface area contributed by atoms with E-state index in [0.717, 1.165) is 18.8 Å². The zero-order chi connectivity index (χ0) is 15.2. The first-order valence-corrected chi connectivity index (χ1v) is 7.55. The van der Waals surface area contributed by atoms with Crippen molar-refractivity contribution >= 4 is 11.6 Å². The van der Waals surface area contributed by atoms with Gasteiger partial charge in [0.15, 0.2) is 0 Å². The maximum absolute atomic E-state index is 12.1. The number of anilines is 1. The van der Waals surface area contributed by atoms with Crippen molar-refractivity contribution in [3.63, 3.8) is 0 Å². The summed E-state index contributed by atoms with van der Waals surface area (Å²) in [4.78, 5) is 12.1. The molecule has 4 heteroatoms. The average molecular weight is 286 g/mol. The van der Waals surface area contributed by atoms with Gasteiger partial charge in [0.05, 0.1) is 17.7 Å². The molecule has 1 aromatic rings. The minimum Gasteiger partial charge on any atom is -0.365 e. The molecule has 0 heterocycles. The number of hydrogen-bond donors (Lipinski definition) is 1. The Balaban J connectivity index is 1.86. The van der Waals surface area contributed by atoms with Crippen LogP contribution in [-0.2, 0) is 9.53 Å². The number of hydrogen-bond acceptors (Lipinski definition) is 3. The smallest absolute Gasteiger partial charge is 0.253 e. The largest absolute Gasteiger partial charge is 0.365 e. The SMILES string of the molecule is CC1CCC(OC(C)C(=O)Nc2cccc(C#N)c2)CC1. The lowest BCUT2D eigenvalue weighted by Crippen LogP contribution is -2.33. The molecule has 0 saturated heterocycles. The van der Waals surface area contributed by atoms with Crippen LogP contribution in [0.3, 0.4) is 0 Å². The average Bonchev–Trinajstić information content (AvgIpc) is 2.49. The molecule has 1 atom stereocenters. The third kappa shape index (κ3) is 4.57. The van der Waals surface area contributed by atoms with Crippen molar-refractivity contribution in [1.29, 1.82) is 5.26 Å². The molecule has 0 radical (unpaired) electrons. The number of carbonyl (C=O) groups is 1. The number of nitrogens with zero attached hydrogens (tertiary/aromatic N) is 1. The summed E-state index contributed by atoms with van der Waals surface area (Å²) >= 11 is 0. The van der Waals surface area contributed by atoms with Crippen molar-refractivity contribution in [2.24, 2.45) is 5.92 Å². The highest BCUT2D eigenvalue weighted by Crippen LogP contribution is 2.26. The fourth-order valence-corrected chi connectivity index (χ4v) is 2.63. The molecule has 1 amide bonds. The van der Waals surface area contributed by atoms with Gasteiger partial charge in [-0.2, -0.15) is 5.26 Å². The van der Waals surface area contributed by atoms with Gasteiger partial charge in [0, 0.05) is 5.69 Å². The van der Waals surface area contributed by atoms with Gasteiger partial charge < -0.3 is 10.1 Å². The highest BCUT2D eigenvalue weighted by Gasteiger charge is 2.23. The van der Waals surface area contributed by atoms with Gasteiger partial charge in [-0.15, -0.1) is 0 Å². The fourth-order valence-electron chi connectivity index (χ4n) is 2.63. The molecule has 2 rings (SSSR count). The molecule has 1 fully saturated rings. The maximum Gasteiger partial charge on any atom is 0.253 e. The van der Waals surface area contributed by atoms with E-state index in [-0.39, 0.29) is 12.0 Å². The lowest BCUT2D eigenvalue weighted by atomic mass is 9.89. The van der Waals surface area contributed by atoms with Crippen molar-refractivity contribution in [3.8, 4) is 6.07 Å². The summed E-state index contributed by atoms with van der Waals surface area (Å²) in [6, 6.07) is 8.95. The van der Waals surface area contributed by atoms with Crippen molar-refractivity contribution in [2.75, 3.05) is 5.32 Å². The van der Waals surface area contributed by atoms with Crippen LogP contribution in [0.25, 0.3) is 0 Å². The third-order valence-corrected chi connectivity index (χ3v) is 3.99. The van der Waals surface area contributed by atoms with Gasteiger partial charge in [-0.25, -0.2) is 0 Å². The number of nitriles is 1. The Hall–Kier alpha value is -1.86. The second-order valence-corrected chi connectivity index (χ2v) is 5.84. The Bertz CT molecular complexity index is 528. The van der Waals surface area contributed by atoms with Gasteiger partial charge in [-0.05, 0) is 56.7 Å². The van der Waals surface area contributed by atoms with Crippen LogP contribution >= 0.6 is 0 Å². The number of ether oxygens (including phenoxy) is 1. The van der Waals surface area contributed by atoms with Crippen molar-refractivity contribution in [3.05, 3.63) is 29.8 Å². The van der Waals surface area contributed by atoms with E-state index in [2.05, 4.69) is 18.3 Å². The van der Waals surface area contributed by atoms with E-state index in [4.69, 9.17) is 10.00 Å². The summed E-state index contributed by atoms with van der Waals surface area (Å²) in [5, 5.41) is 11.7. The molecule has 21 heavy (non-hydrogen) atoms. The molecule has 0 bridgehead atoms. The zero-order valence-corrected chi connectivity index (χ0v) is 12.6. The summed E-state index contributed by atoms with van der Waals surface area (Å²) in [6.07, 6.45) is 4.11. The molecule has 0 spiro atoms. The van der Waals surface area contributed by atoms with Crippen LogP contribution in [0.1, 0.15) is 45.1 Å². The van der Waals surface area contributed by atoms with E-state index < -0.39 is 6.10 Å². The zero-order valence-electron chi connectivity index (χ0n) is 12.6. The van der Waals surface area contributed by atoms with Crippen molar-refractivity contribution in [2.45, 2.75) is 51.7 Å². The number of rotatable bonds is 4. The van der Waals surface area contributed by atoms with E-state index in [1.165, 1.54) is 12.8 Å². The minimum atomic E-state index is -0.478. The lowest BCUT2D eigenvalue weighted by molar-refractivity contribution is -0.131. The van der Waals surface area contributed by atoms with Crippen LogP contribution in [-0.4, -0.2) is 18.1 Å². The monoisotopic (exact) mass is 286 g/mol. The quantitative estimate of drug-likeness (QED) is 0.921. The molecule has 1 aromatic carbocycles. The van der Waals surface area contributed by atoms with Crippen LogP contribution in [0, 0.1) is 17.2 Å². The summed E-state index contributed by atoms with van der Waals surface area (Å²) in [7, 11) is 0. The standard InChI is InChI=1S/C17H22N2O2/c1-12-6-8-16(9-7-12)21-13(2)17(20)19-15-5-3-4-14(10-15)11-18/h3-5,10,12-13,16H,6-9H2,1-2H3,(H,19,20). The predicted octanol–water partition coefficient (Wildman–Crippen LogP) is 3.48. The molecule has 0 aromatic heterocycles. The van der Waals surface area contributed by atoms with Gasteiger partial charge in [-0.1, -0.05) is 13.0 Å². The van der Waals surface area contributed by atoms with Crippen LogP contribution in [0.2, 0.25) is 0 Å². The highest BCUT2D eigenvalue weighted by molar-refractivity contribution is 5.94. The Morgan fingerprint density at radius 3 is 2.76 bits per heavy atom. The summed E-state index contributed by atoms with van der Waals surface area (Å²) in [5.74, 6) is 0.603. The minimum absolute atomic E-state index is 0.163. The van der Waals surface area contributed by atoms with Gasteiger partial charge in [-0.3, -0.25) is 4.79 Å². The Labute approximate surface area is 126 Å². The molecule has 1 aliphatic rings. The normalized spacial score (nSPS) is 23.1. The molecule has 4 nitrogen and oxygen atoms in total. The second kappa shape index (κ2) is 7.24. The molecule has 0 aliphatic heterocycles. The van der Waals surface area contributed by atoms with Crippen LogP contribution < -0.4 is 5.32 Å². The summed E-state index contributed by atoms with van der Waals surface area (Å²) < 4.78 is 5.85. The van der Waals surface area contributed by atoms with Gasteiger partial charge in [0.2, 0.25) is 0 Å². The first-order valence-electron chi connectivity index (χ1n) is 7.55. The van der Waals surface area contributed by atoms with Crippen LogP contribution in [0.4, 0.5) is 5.69 Å². The van der Waals surface area contributed by atoms with Gasteiger partial charge in [0.25, 0.3) is 5.91 Å². The Morgan fingerprint density at radius 2 is 2.10 bits per heavy atom. The van der Waals surface area contributed by atoms with E-state index in [9.17, 15) is 4.79 Å². The third-order valence-electron chi connectivity index (χ3n) is 3.99. The van der Waals surface area contributed by atoms with Crippen molar-refractivity contribution < 1.29 is 9.53 Å². The Morgan fingerprint density at radius 1 is 1.38 bits per heavy atom. The van der Waals surface area contributed by atoms with E-state index in [1.54, 1.807) is 31.2 Å². The van der Waals surface area contributed by atoms with E-state index >= 15 is 0 Å². The summed E-state index contributed by atoms with van der Waals surface area (Å²) in [6.45, 7) is 4.04. The van der Waals surface area contributed by atoms with Crippen LogP contribution in [0.15, 0.2) is 24.3 Å². The molecular formula is C17H22N2O2. The predicted molar refractivity (Wildman–Crippen MR) is 81.8 cm³/mol. The number of nitrogens with one attached hydrogen (secondary N) is 1. The maximum atomic E-state index is 12.1. The second-order valence-electron chi connectivity index (χ2n) is 5.84. The number of benzene rings is 1. The molecule has 112 valence electrons. The van der Waals surface area contributed by atoms with E-state index in [1.807, 2.05) is 0 Å².